The summed E-state index contributed by atoms with van der Waals surface area (Å²) in [7, 11) is 0. The maximum Gasteiger partial charge on any atom is 0.204 e. The molecule has 0 aromatic heterocycles. The van der Waals surface area contributed by atoms with E-state index in [0.717, 1.165) is 6.07 Å². The van der Waals surface area contributed by atoms with Crippen molar-refractivity contribution in [3.05, 3.63) is 64.5 Å². The molecule has 104 valence electrons. The predicted molar refractivity (Wildman–Crippen MR) is 60.5 cm³/mol. The van der Waals surface area contributed by atoms with Crippen molar-refractivity contribution in [1.29, 1.82) is 0 Å². The molecule has 2 nitrogen and oxygen atoms in total. The van der Waals surface area contributed by atoms with Gasteiger partial charge in [-0.15, -0.1) is 0 Å². The summed E-state index contributed by atoms with van der Waals surface area (Å²) < 4.78 is 66.7. The topological polar surface area (TPSA) is 43.1 Å². The molecule has 0 spiro atoms. The summed E-state index contributed by atoms with van der Waals surface area (Å²) in [5.74, 6) is -8.74. The van der Waals surface area contributed by atoms with Crippen LogP contribution in [0.2, 0.25) is 0 Å². The smallest absolute Gasteiger partial charge is 0.204 e. The number of halogens is 5. The monoisotopic (exact) mass is 287 g/mol. The van der Waals surface area contributed by atoms with E-state index in [2.05, 4.69) is 0 Å². The van der Waals surface area contributed by atoms with Crippen molar-refractivity contribution in [3.63, 3.8) is 0 Å². The van der Waals surface area contributed by atoms with Crippen LogP contribution in [-0.2, 0) is 0 Å². The van der Waals surface area contributed by atoms with Gasteiger partial charge in [0.15, 0.2) is 5.82 Å². The lowest BCUT2D eigenvalue weighted by atomic mass is 10.0. The molecule has 0 fully saturated rings. The van der Waals surface area contributed by atoms with Crippen molar-refractivity contribution in [1.82, 2.24) is 0 Å². The highest BCUT2D eigenvalue weighted by Crippen LogP contribution is 2.24. The summed E-state index contributed by atoms with van der Waals surface area (Å²) >= 11 is 0. The van der Waals surface area contributed by atoms with Crippen LogP contribution in [0.5, 0.6) is 0 Å². The molecule has 2 rings (SSSR count). The minimum atomic E-state index is -1.60. The van der Waals surface area contributed by atoms with Crippen LogP contribution in [-0.4, -0.2) is 5.78 Å². The Hall–Kier alpha value is -2.44. The molecule has 20 heavy (non-hydrogen) atoms. The van der Waals surface area contributed by atoms with Crippen molar-refractivity contribution < 1.29 is 26.7 Å². The number of ketones is 1. The molecule has 2 aromatic rings. The summed E-state index contributed by atoms with van der Waals surface area (Å²) in [5, 5.41) is 0. The standard InChI is InChI=1S/C13H6F5NO/c14-5-3-7(16)10(8(17)4-5)13(20)11-6(15)1-2-9(19)12(11)18/h1-4H,19H2. The summed E-state index contributed by atoms with van der Waals surface area (Å²) in [5.41, 5.74) is 2.15. The molecule has 0 unspecified atom stereocenters. The molecule has 0 aliphatic heterocycles. The van der Waals surface area contributed by atoms with Gasteiger partial charge in [0.05, 0.1) is 16.8 Å². The van der Waals surface area contributed by atoms with Gasteiger partial charge in [-0.2, -0.15) is 0 Å². The Morgan fingerprint density at radius 1 is 0.850 bits per heavy atom. The lowest BCUT2D eigenvalue weighted by Crippen LogP contribution is -2.13. The van der Waals surface area contributed by atoms with Gasteiger partial charge in [0.2, 0.25) is 5.78 Å². The van der Waals surface area contributed by atoms with E-state index in [9.17, 15) is 26.7 Å². The van der Waals surface area contributed by atoms with E-state index < -0.39 is 51.7 Å². The zero-order chi connectivity index (χ0) is 15.0. The highest BCUT2D eigenvalue weighted by Gasteiger charge is 2.26. The van der Waals surface area contributed by atoms with Crippen LogP contribution < -0.4 is 5.73 Å². The van der Waals surface area contributed by atoms with Crippen molar-refractivity contribution in [2.75, 3.05) is 5.73 Å². The fourth-order valence-corrected chi connectivity index (χ4v) is 1.66. The molecule has 0 aliphatic rings. The maximum atomic E-state index is 13.6. The van der Waals surface area contributed by atoms with E-state index in [1.807, 2.05) is 0 Å². The van der Waals surface area contributed by atoms with E-state index in [1.165, 1.54) is 0 Å². The fourth-order valence-electron chi connectivity index (χ4n) is 1.66. The van der Waals surface area contributed by atoms with E-state index >= 15 is 0 Å². The van der Waals surface area contributed by atoms with Gasteiger partial charge < -0.3 is 5.73 Å². The normalized spacial score (nSPS) is 10.7. The van der Waals surface area contributed by atoms with E-state index in [1.54, 1.807) is 0 Å². The first-order chi connectivity index (χ1) is 9.32. The van der Waals surface area contributed by atoms with Crippen LogP contribution in [0.3, 0.4) is 0 Å². The lowest BCUT2D eigenvalue weighted by molar-refractivity contribution is 0.102. The predicted octanol–water partition coefficient (Wildman–Crippen LogP) is 3.20. The molecule has 0 bridgehead atoms. The number of anilines is 1. The van der Waals surface area contributed by atoms with Crippen LogP contribution in [0, 0.1) is 29.1 Å². The molecule has 2 N–H and O–H groups in total. The Labute approximate surface area is 109 Å². The largest absolute Gasteiger partial charge is 0.396 e. The third-order valence-electron chi connectivity index (χ3n) is 2.58. The molecule has 2 aromatic carbocycles. The van der Waals surface area contributed by atoms with Gasteiger partial charge >= 0.3 is 0 Å². The van der Waals surface area contributed by atoms with Crippen LogP contribution in [0.1, 0.15) is 15.9 Å². The second kappa shape index (κ2) is 4.92. The third kappa shape index (κ3) is 2.22. The molecule has 7 heteroatoms. The summed E-state index contributed by atoms with van der Waals surface area (Å²) in [6.07, 6.45) is 0. The SMILES string of the molecule is Nc1ccc(F)c(C(=O)c2c(F)cc(F)cc2F)c1F. The van der Waals surface area contributed by atoms with Crippen molar-refractivity contribution in [3.8, 4) is 0 Å². The number of nitrogen functional groups attached to an aromatic ring is 1. The highest BCUT2D eigenvalue weighted by molar-refractivity contribution is 6.10. The van der Waals surface area contributed by atoms with Gasteiger partial charge in [-0.05, 0) is 12.1 Å². The fraction of sp³-hybridized carbons (Fsp3) is 0. The zero-order valence-electron chi connectivity index (χ0n) is 9.68. The Morgan fingerprint density at radius 2 is 1.40 bits per heavy atom. The number of rotatable bonds is 2. The first-order valence-corrected chi connectivity index (χ1v) is 5.25. The van der Waals surface area contributed by atoms with Gasteiger partial charge in [-0.1, -0.05) is 0 Å². The van der Waals surface area contributed by atoms with Crippen LogP contribution >= 0.6 is 0 Å². The van der Waals surface area contributed by atoms with Crippen LogP contribution in [0.4, 0.5) is 27.6 Å². The van der Waals surface area contributed by atoms with Gasteiger partial charge in [0, 0.05) is 12.1 Å². The average molecular weight is 287 g/mol. The van der Waals surface area contributed by atoms with Gasteiger partial charge in [0.25, 0.3) is 0 Å². The number of hydrogen-bond acceptors (Lipinski definition) is 2. The highest BCUT2D eigenvalue weighted by atomic mass is 19.2. The second-order valence-electron chi connectivity index (χ2n) is 3.90. The zero-order valence-corrected chi connectivity index (χ0v) is 9.68. The Balaban J connectivity index is 2.67. The molecular formula is C13H6F5NO. The van der Waals surface area contributed by atoms with E-state index in [0.29, 0.717) is 6.07 Å². The molecule has 0 aliphatic carbocycles. The molecule has 0 atom stereocenters. The first-order valence-electron chi connectivity index (χ1n) is 5.25. The van der Waals surface area contributed by atoms with Crippen LogP contribution in [0.15, 0.2) is 24.3 Å². The lowest BCUT2D eigenvalue weighted by Gasteiger charge is -2.08. The number of nitrogens with two attached hydrogens (primary N) is 1. The van der Waals surface area contributed by atoms with Gasteiger partial charge in [-0.25, -0.2) is 22.0 Å². The molecule has 0 radical (unpaired) electrons. The Kier molecular flexibility index (Phi) is 3.44. The summed E-state index contributed by atoms with van der Waals surface area (Å²) in [6.45, 7) is 0. The molecule has 0 amide bonds. The molecular weight excluding hydrogens is 281 g/mol. The van der Waals surface area contributed by atoms with Gasteiger partial charge in [-0.3, -0.25) is 4.79 Å². The number of carbonyl (C=O) groups is 1. The Morgan fingerprint density at radius 3 is 1.95 bits per heavy atom. The molecule has 0 heterocycles. The maximum absolute atomic E-state index is 13.6. The van der Waals surface area contributed by atoms with Crippen LogP contribution in [0.25, 0.3) is 0 Å². The summed E-state index contributed by atoms with van der Waals surface area (Å²) in [6, 6.07) is 2.01. The minimum absolute atomic E-state index is 0.235. The van der Waals surface area contributed by atoms with Crippen molar-refractivity contribution in [2.45, 2.75) is 0 Å². The van der Waals surface area contributed by atoms with Crippen molar-refractivity contribution >= 4 is 11.5 Å². The number of carbonyl (C=O) groups excluding carboxylic acids is 1. The quantitative estimate of drug-likeness (QED) is 0.523. The minimum Gasteiger partial charge on any atom is -0.396 e. The third-order valence-corrected chi connectivity index (χ3v) is 2.58. The van der Waals surface area contributed by atoms with E-state index in [-0.39, 0.29) is 12.1 Å². The van der Waals surface area contributed by atoms with Gasteiger partial charge in [0.1, 0.15) is 23.3 Å². The average Bonchev–Trinajstić information content (AvgIpc) is 2.33. The van der Waals surface area contributed by atoms with E-state index in [4.69, 9.17) is 5.73 Å². The second-order valence-corrected chi connectivity index (χ2v) is 3.90. The first kappa shape index (κ1) is 14.0. The number of hydrogen-bond donors (Lipinski definition) is 1. The molecule has 0 saturated carbocycles. The Bertz CT molecular complexity index is 691. The van der Waals surface area contributed by atoms with Crippen molar-refractivity contribution in [2.24, 2.45) is 0 Å². The summed E-state index contributed by atoms with van der Waals surface area (Å²) in [4.78, 5) is 11.9. The molecule has 0 saturated heterocycles. The number of benzene rings is 2.